The largest absolute Gasteiger partial charge is 0.477 e. The Kier molecular flexibility index (Phi) is 5.88. The second kappa shape index (κ2) is 6.99. The Hall–Kier alpha value is -1.21. The van der Waals surface area contributed by atoms with Crippen LogP contribution < -0.4 is 5.32 Å². The number of aromatic carboxylic acids is 1. The zero-order chi connectivity index (χ0) is 15.3. The Morgan fingerprint density at radius 1 is 1.50 bits per heavy atom. The second-order valence-electron chi connectivity index (χ2n) is 5.23. The van der Waals surface area contributed by atoms with E-state index < -0.39 is 17.7 Å². The van der Waals surface area contributed by atoms with Crippen LogP contribution in [0.3, 0.4) is 0 Å². The van der Waals surface area contributed by atoms with E-state index in [0.29, 0.717) is 11.4 Å². The topological polar surface area (TPSA) is 75.6 Å². The van der Waals surface area contributed by atoms with Gasteiger partial charge in [-0.3, -0.25) is 0 Å². The molecular formula is C13H19NO4S2. The molecule has 1 heterocycles. The SMILES string of the molecule is CC(CNC(=O)OC(C)(C)C)Sc1ccsc1C(=O)O. The molecule has 1 amide bonds. The van der Waals surface area contributed by atoms with E-state index >= 15 is 0 Å². The van der Waals surface area contributed by atoms with Crippen molar-refractivity contribution < 1.29 is 19.4 Å². The number of nitrogens with one attached hydrogen (secondary N) is 1. The van der Waals surface area contributed by atoms with E-state index in [0.717, 1.165) is 4.90 Å². The van der Waals surface area contributed by atoms with Crippen LogP contribution in [-0.2, 0) is 4.74 Å². The molecule has 0 spiro atoms. The number of carbonyl (C=O) groups excluding carboxylic acids is 1. The predicted octanol–water partition coefficient (Wildman–Crippen LogP) is 3.45. The molecule has 1 aromatic heterocycles. The van der Waals surface area contributed by atoms with Crippen LogP contribution in [0.5, 0.6) is 0 Å². The first kappa shape index (κ1) is 16.8. The van der Waals surface area contributed by atoms with Gasteiger partial charge in [-0.25, -0.2) is 9.59 Å². The minimum absolute atomic E-state index is 0.0511. The van der Waals surface area contributed by atoms with Crippen molar-refractivity contribution in [2.75, 3.05) is 6.54 Å². The molecule has 7 heteroatoms. The van der Waals surface area contributed by atoms with Crippen LogP contribution in [0.4, 0.5) is 4.79 Å². The van der Waals surface area contributed by atoms with Gasteiger partial charge in [0.15, 0.2) is 0 Å². The Bertz CT molecular complexity index is 479. The Morgan fingerprint density at radius 2 is 2.15 bits per heavy atom. The molecule has 1 atom stereocenters. The minimum Gasteiger partial charge on any atom is -0.477 e. The van der Waals surface area contributed by atoms with E-state index in [9.17, 15) is 9.59 Å². The maximum absolute atomic E-state index is 11.5. The third kappa shape index (κ3) is 5.83. The number of thiophene rings is 1. The molecule has 0 aliphatic carbocycles. The second-order valence-corrected chi connectivity index (χ2v) is 7.63. The van der Waals surface area contributed by atoms with Crippen LogP contribution in [0, 0.1) is 0 Å². The standard InChI is InChI=1S/C13H19NO4S2/c1-8(7-14-12(17)18-13(2,3)4)20-9-5-6-19-10(9)11(15)16/h5-6,8H,7H2,1-4H3,(H,14,17)(H,15,16). The van der Waals surface area contributed by atoms with Crippen LogP contribution in [0.25, 0.3) is 0 Å². The fraction of sp³-hybridized carbons (Fsp3) is 0.538. The normalized spacial score (nSPS) is 12.8. The molecule has 0 aliphatic rings. The Balaban J connectivity index is 2.44. The monoisotopic (exact) mass is 317 g/mol. The molecule has 1 rings (SSSR count). The number of alkyl carbamates (subject to hydrolysis) is 1. The number of hydrogen-bond acceptors (Lipinski definition) is 5. The fourth-order valence-electron chi connectivity index (χ4n) is 1.35. The van der Waals surface area contributed by atoms with Gasteiger partial charge in [0, 0.05) is 16.7 Å². The number of ether oxygens (including phenoxy) is 1. The maximum atomic E-state index is 11.5. The smallest absolute Gasteiger partial charge is 0.407 e. The fourth-order valence-corrected chi connectivity index (χ4v) is 3.29. The van der Waals surface area contributed by atoms with E-state index in [2.05, 4.69) is 5.32 Å². The van der Waals surface area contributed by atoms with Gasteiger partial charge in [0.2, 0.25) is 0 Å². The van der Waals surface area contributed by atoms with Crippen LogP contribution >= 0.6 is 23.1 Å². The van der Waals surface area contributed by atoms with Crippen molar-refractivity contribution in [1.29, 1.82) is 0 Å². The summed E-state index contributed by atoms with van der Waals surface area (Å²) in [5.74, 6) is -0.921. The number of thioether (sulfide) groups is 1. The Morgan fingerprint density at radius 3 is 2.70 bits per heavy atom. The van der Waals surface area contributed by atoms with E-state index in [1.165, 1.54) is 23.1 Å². The Labute approximate surface area is 126 Å². The van der Waals surface area contributed by atoms with Gasteiger partial charge >= 0.3 is 12.1 Å². The summed E-state index contributed by atoms with van der Waals surface area (Å²) in [5, 5.41) is 13.5. The van der Waals surface area contributed by atoms with Gasteiger partial charge in [-0.15, -0.1) is 23.1 Å². The molecule has 1 unspecified atom stereocenters. The maximum Gasteiger partial charge on any atom is 0.407 e. The van der Waals surface area contributed by atoms with Gasteiger partial charge in [-0.1, -0.05) is 6.92 Å². The summed E-state index contributed by atoms with van der Waals surface area (Å²) in [6, 6.07) is 1.78. The van der Waals surface area contributed by atoms with Crippen molar-refractivity contribution in [3.8, 4) is 0 Å². The summed E-state index contributed by atoms with van der Waals surface area (Å²) >= 11 is 2.62. The van der Waals surface area contributed by atoms with Gasteiger partial charge < -0.3 is 15.2 Å². The van der Waals surface area contributed by atoms with Gasteiger partial charge in [0.25, 0.3) is 0 Å². The number of amides is 1. The average Bonchev–Trinajstić information content (AvgIpc) is 2.72. The lowest BCUT2D eigenvalue weighted by Gasteiger charge is -2.20. The highest BCUT2D eigenvalue weighted by Gasteiger charge is 2.18. The molecule has 0 aliphatic heterocycles. The molecule has 5 nitrogen and oxygen atoms in total. The van der Waals surface area contributed by atoms with Gasteiger partial charge in [0.05, 0.1) is 0 Å². The summed E-state index contributed by atoms with van der Waals surface area (Å²) in [6.07, 6.45) is -0.464. The molecule has 0 radical (unpaired) electrons. The van der Waals surface area contributed by atoms with Gasteiger partial charge in [0.1, 0.15) is 10.5 Å². The third-order valence-electron chi connectivity index (χ3n) is 2.08. The molecule has 2 N–H and O–H groups in total. The first-order chi connectivity index (χ1) is 9.19. The molecular weight excluding hydrogens is 298 g/mol. The molecule has 1 aromatic rings. The van der Waals surface area contributed by atoms with Gasteiger partial charge in [-0.05, 0) is 32.2 Å². The van der Waals surface area contributed by atoms with Gasteiger partial charge in [-0.2, -0.15) is 0 Å². The van der Waals surface area contributed by atoms with Crippen molar-refractivity contribution in [1.82, 2.24) is 5.32 Å². The lowest BCUT2D eigenvalue weighted by Crippen LogP contribution is -2.35. The molecule has 0 aromatic carbocycles. The minimum atomic E-state index is -0.921. The first-order valence-electron chi connectivity index (χ1n) is 6.13. The van der Waals surface area contributed by atoms with Crippen molar-refractivity contribution in [3.63, 3.8) is 0 Å². The quantitative estimate of drug-likeness (QED) is 0.814. The number of hydrogen-bond donors (Lipinski definition) is 2. The van der Waals surface area contributed by atoms with Crippen LogP contribution in [0.2, 0.25) is 0 Å². The van der Waals surface area contributed by atoms with Crippen LogP contribution in [0.1, 0.15) is 37.4 Å². The zero-order valence-electron chi connectivity index (χ0n) is 11.9. The highest BCUT2D eigenvalue weighted by molar-refractivity contribution is 8.00. The summed E-state index contributed by atoms with van der Waals surface area (Å²) in [4.78, 5) is 23.6. The highest BCUT2D eigenvalue weighted by Crippen LogP contribution is 2.30. The van der Waals surface area contributed by atoms with Crippen molar-refractivity contribution in [2.45, 2.75) is 43.4 Å². The van der Waals surface area contributed by atoms with Crippen LogP contribution in [-0.4, -0.2) is 34.6 Å². The summed E-state index contributed by atoms with van der Waals surface area (Å²) < 4.78 is 5.13. The number of carboxylic acid groups (broad SMARTS) is 1. The van der Waals surface area contributed by atoms with Crippen molar-refractivity contribution in [2.24, 2.45) is 0 Å². The van der Waals surface area contributed by atoms with Crippen molar-refractivity contribution >= 4 is 35.2 Å². The molecule has 0 bridgehead atoms. The number of rotatable bonds is 5. The van der Waals surface area contributed by atoms with Crippen LogP contribution in [0.15, 0.2) is 16.3 Å². The van der Waals surface area contributed by atoms with E-state index in [-0.39, 0.29) is 5.25 Å². The van der Waals surface area contributed by atoms with Crippen molar-refractivity contribution in [3.05, 3.63) is 16.3 Å². The van der Waals surface area contributed by atoms with E-state index in [4.69, 9.17) is 9.84 Å². The summed E-state index contributed by atoms with van der Waals surface area (Å²) in [7, 11) is 0. The molecule has 0 fully saturated rings. The first-order valence-corrected chi connectivity index (χ1v) is 7.89. The third-order valence-corrected chi connectivity index (χ3v) is 4.28. The lowest BCUT2D eigenvalue weighted by molar-refractivity contribution is 0.0527. The average molecular weight is 317 g/mol. The number of carbonyl (C=O) groups is 2. The van der Waals surface area contributed by atoms with E-state index in [1.807, 2.05) is 6.92 Å². The molecule has 0 saturated heterocycles. The highest BCUT2D eigenvalue weighted by atomic mass is 32.2. The predicted molar refractivity (Wildman–Crippen MR) is 80.8 cm³/mol. The van der Waals surface area contributed by atoms with E-state index in [1.54, 1.807) is 32.2 Å². The molecule has 20 heavy (non-hydrogen) atoms. The number of carboxylic acids is 1. The summed E-state index contributed by atoms with van der Waals surface area (Å²) in [6.45, 7) is 7.74. The zero-order valence-corrected chi connectivity index (χ0v) is 13.6. The lowest BCUT2D eigenvalue weighted by atomic mass is 10.2. The summed E-state index contributed by atoms with van der Waals surface area (Å²) in [5.41, 5.74) is -0.524. The molecule has 112 valence electrons. The molecule has 0 saturated carbocycles.